The Kier molecular flexibility index (Phi) is 6.71. The zero-order valence-corrected chi connectivity index (χ0v) is 14.4. The minimum Gasteiger partial charge on any atom is -0.381 e. The van der Waals surface area contributed by atoms with Crippen LogP contribution in [0.5, 0.6) is 0 Å². The van der Waals surface area contributed by atoms with Gasteiger partial charge in [-0.2, -0.15) is 0 Å². The minimum absolute atomic E-state index is 0. The summed E-state index contributed by atoms with van der Waals surface area (Å²) in [5.74, 6) is 0.0163. The molecule has 112 valence electrons. The Balaban J connectivity index is 0.00000200. The van der Waals surface area contributed by atoms with Crippen LogP contribution in [-0.4, -0.2) is 25.7 Å². The molecule has 0 aromatic heterocycles. The number of ether oxygens (including phenoxy) is 1. The predicted octanol–water partition coefficient (Wildman–Crippen LogP) is 2.72. The van der Waals surface area contributed by atoms with Crippen LogP contribution in [0.1, 0.15) is 18.4 Å². The number of carbonyl (C=O) groups excluding carboxylic acids is 1. The lowest BCUT2D eigenvalue weighted by molar-refractivity contribution is -0.130. The summed E-state index contributed by atoms with van der Waals surface area (Å²) in [7, 11) is 0. The number of rotatable bonds is 3. The molecule has 1 aliphatic rings. The van der Waals surface area contributed by atoms with Gasteiger partial charge in [0.05, 0.1) is 5.41 Å². The SMILES string of the molecule is Cc1cc(I)ccc1NC(=O)C1(CN)CCOCC1.Cl. The zero-order valence-electron chi connectivity index (χ0n) is 11.4. The van der Waals surface area contributed by atoms with E-state index < -0.39 is 5.41 Å². The van der Waals surface area contributed by atoms with Crippen molar-refractivity contribution < 1.29 is 9.53 Å². The third kappa shape index (κ3) is 3.84. The Labute approximate surface area is 139 Å². The highest BCUT2D eigenvalue weighted by atomic mass is 127. The maximum absolute atomic E-state index is 12.5. The molecule has 1 heterocycles. The fourth-order valence-corrected chi connectivity index (χ4v) is 2.96. The van der Waals surface area contributed by atoms with Gasteiger partial charge in [0, 0.05) is 29.0 Å². The lowest BCUT2D eigenvalue weighted by Crippen LogP contribution is -2.46. The Morgan fingerprint density at radius 2 is 2.10 bits per heavy atom. The molecule has 1 amide bonds. The summed E-state index contributed by atoms with van der Waals surface area (Å²) in [5, 5.41) is 3.02. The topological polar surface area (TPSA) is 64.4 Å². The van der Waals surface area contributed by atoms with Gasteiger partial charge < -0.3 is 15.8 Å². The van der Waals surface area contributed by atoms with E-state index in [-0.39, 0.29) is 18.3 Å². The summed E-state index contributed by atoms with van der Waals surface area (Å²) in [4.78, 5) is 12.5. The van der Waals surface area contributed by atoms with Crippen LogP contribution in [-0.2, 0) is 9.53 Å². The second-order valence-corrected chi connectivity index (χ2v) is 6.26. The molecule has 20 heavy (non-hydrogen) atoms. The summed E-state index contributed by atoms with van der Waals surface area (Å²) in [6.07, 6.45) is 1.39. The van der Waals surface area contributed by atoms with Crippen molar-refractivity contribution >= 4 is 46.6 Å². The zero-order chi connectivity index (χ0) is 13.9. The smallest absolute Gasteiger partial charge is 0.232 e. The maximum Gasteiger partial charge on any atom is 0.232 e. The van der Waals surface area contributed by atoms with Gasteiger partial charge in [-0.1, -0.05) is 0 Å². The first-order chi connectivity index (χ1) is 9.07. The average molecular weight is 411 g/mol. The van der Waals surface area contributed by atoms with E-state index in [9.17, 15) is 4.79 Å². The number of hydrogen-bond acceptors (Lipinski definition) is 3. The molecule has 0 atom stereocenters. The maximum atomic E-state index is 12.5. The lowest BCUT2D eigenvalue weighted by atomic mass is 9.79. The van der Waals surface area contributed by atoms with Gasteiger partial charge in [-0.05, 0) is 66.1 Å². The molecule has 1 aliphatic heterocycles. The number of carbonyl (C=O) groups is 1. The van der Waals surface area contributed by atoms with Crippen molar-refractivity contribution in [3.8, 4) is 0 Å². The number of nitrogens with one attached hydrogen (secondary N) is 1. The molecular formula is C14H20ClIN2O2. The van der Waals surface area contributed by atoms with E-state index in [2.05, 4.69) is 34.0 Å². The summed E-state index contributed by atoms with van der Waals surface area (Å²) in [6, 6.07) is 5.98. The van der Waals surface area contributed by atoms with E-state index in [4.69, 9.17) is 10.5 Å². The Bertz CT molecular complexity index is 476. The highest BCUT2D eigenvalue weighted by Crippen LogP contribution is 2.31. The number of anilines is 1. The van der Waals surface area contributed by atoms with Crippen LogP contribution in [0, 0.1) is 15.9 Å². The normalized spacial score (nSPS) is 17.1. The molecule has 3 N–H and O–H groups in total. The van der Waals surface area contributed by atoms with Gasteiger partial charge >= 0.3 is 0 Å². The van der Waals surface area contributed by atoms with E-state index in [0.29, 0.717) is 32.6 Å². The second-order valence-electron chi connectivity index (χ2n) is 5.01. The molecule has 0 aliphatic carbocycles. The predicted molar refractivity (Wildman–Crippen MR) is 91.3 cm³/mol. The molecule has 2 rings (SSSR count). The van der Waals surface area contributed by atoms with Crippen molar-refractivity contribution in [2.24, 2.45) is 11.1 Å². The van der Waals surface area contributed by atoms with Crippen molar-refractivity contribution in [2.75, 3.05) is 25.1 Å². The number of hydrogen-bond donors (Lipinski definition) is 2. The molecule has 1 saturated heterocycles. The van der Waals surface area contributed by atoms with Crippen LogP contribution < -0.4 is 11.1 Å². The molecular weight excluding hydrogens is 391 g/mol. The Morgan fingerprint density at radius 1 is 1.45 bits per heavy atom. The first-order valence-electron chi connectivity index (χ1n) is 6.43. The average Bonchev–Trinajstić information content (AvgIpc) is 2.42. The monoisotopic (exact) mass is 410 g/mol. The first kappa shape index (κ1) is 17.7. The number of benzene rings is 1. The third-order valence-corrected chi connectivity index (χ3v) is 4.43. The van der Waals surface area contributed by atoms with Gasteiger partial charge in [0.1, 0.15) is 0 Å². The summed E-state index contributed by atoms with van der Waals surface area (Å²) >= 11 is 2.26. The van der Waals surface area contributed by atoms with Crippen LogP contribution in [0.15, 0.2) is 18.2 Å². The molecule has 4 nitrogen and oxygen atoms in total. The van der Waals surface area contributed by atoms with E-state index in [0.717, 1.165) is 14.8 Å². The van der Waals surface area contributed by atoms with Gasteiger partial charge in [-0.25, -0.2) is 0 Å². The number of nitrogens with two attached hydrogens (primary N) is 1. The lowest BCUT2D eigenvalue weighted by Gasteiger charge is -2.34. The molecule has 0 radical (unpaired) electrons. The number of amides is 1. The van der Waals surface area contributed by atoms with Crippen molar-refractivity contribution in [3.63, 3.8) is 0 Å². The van der Waals surface area contributed by atoms with Crippen molar-refractivity contribution in [1.29, 1.82) is 0 Å². The van der Waals surface area contributed by atoms with Crippen LogP contribution in [0.3, 0.4) is 0 Å². The number of halogens is 2. The summed E-state index contributed by atoms with van der Waals surface area (Å²) in [6.45, 7) is 3.58. The summed E-state index contributed by atoms with van der Waals surface area (Å²) in [5.41, 5.74) is 7.29. The van der Waals surface area contributed by atoms with E-state index >= 15 is 0 Å². The molecule has 0 bridgehead atoms. The molecule has 0 spiro atoms. The van der Waals surface area contributed by atoms with Gasteiger partial charge in [0.25, 0.3) is 0 Å². The molecule has 0 saturated carbocycles. The molecule has 0 unspecified atom stereocenters. The van der Waals surface area contributed by atoms with Crippen LogP contribution in [0.25, 0.3) is 0 Å². The standard InChI is InChI=1S/C14H19IN2O2.ClH/c1-10-8-11(15)2-3-12(10)17-13(18)14(9-16)4-6-19-7-5-14;/h2-3,8H,4-7,9,16H2,1H3,(H,17,18);1H. The molecule has 1 fully saturated rings. The van der Waals surface area contributed by atoms with E-state index in [1.165, 1.54) is 0 Å². The summed E-state index contributed by atoms with van der Waals surface area (Å²) < 4.78 is 6.49. The van der Waals surface area contributed by atoms with Crippen molar-refractivity contribution in [1.82, 2.24) is 0 Å². The largest absolute Gasteiger partial charge is 0.381 e. The second kappa shape index (κ2) is 7.59. The number of aryl methyl sites for hydroxylation is 1. The van der Waals surface area contributed by atoms with E-state index in [1.54, 1.807) is 0 Å². The van der Waals surface area contributed by atoms with Gasteiger partial charge in [-0.3, -0.25) is 4.79 Å². The first-order valence-corrected chi connectivity index (χ1v) is 7.51. The van der Waals surface area contributed by atoms with Gasteiger partial charge in [0.2, 0.25) is 5.91 Å². The van der Waals surface area contributed by atoms with E-state index in [1.807, 2.05) is 19.1 Å². The molecule has 1 aromatic carbocycles. The van der Waals surface area contributed by atoms with Gasteiger partial charge in [0.15, 0.2) is 0 Å². The minimum atomic E-state index is -0.478. The van der Waals surface area contributed by atoms with Crippen LogP contribution >= 0.6 is 35.0 Å². The molecule has 6 heteroatoms. The quantitative estimate of drug-likeness (QED) is 0.753. The van der Waals surface area contributed by atoms with Crippen LogP contribution in [0.4, 0.5) is 5.69 Å². The fraction of sp³-hybridized carbons (Fsp3) is 0.500. The highest BCUT2D eigenvalue weighted by molar-refractivity contribution is 14.1. The van der Waals surface area contributed by atoms with Crippen molar-refractivity contribution in [3.05, 3.63) is 27.3 Å². The van der Waals surface area contributed by atoms with Gasteiger partial charge in [-0.15, -0.1) is 12.4 Å². The highest BCUT2D eigenvalue weighted by Gasteiger charge is 2.38. The third-order valence-electron chi connectivity index (χ3n) is 3.76. The molecule has 1 aromatic rings. The fourth-order valence-electron chi connectivity index (χ4n) is 2.31. The van der Waals surface area contributed by atoms with Crippen molar-refractivity contribution in [2.45, 2.75) is 19.8 Å². The Morgan fingerprint density at radius 3 is 2.65 bits per heavy atom. The Hall–Kier alpha value is -0.370. The van der Waals surface area contributed by atoms with Crippen LogP contribution in [0.2, 0.25) is 0 Å².